The summed E-state index contributed by atoms with van der Waals surface area (Å²) in [5.41, 5.74) is 7.24. The highest BCUT2D eigenvalue weighted by Gasteiger charge is 2.27. The molecule has 1 aromatic rings. The lowest BCUT2D eigenvalue weighted by molar-refractivity contribution is -0.125. The summed E-state index contributed by atoms with van der Waals surface area (Å²) in [6.45, 7) is 2.54. The summed E-state index contributed by atoms with van der Waals surface area (Å²) in [6.07, 6.45) is 0.619. The molecule has 0 radical (unpaired) electrons. The molecule has 8 heteroatoms. The van der Waals surface area contributed by atoms with E-state index in [4.69, 9.17) is 23.2 Å². The van der Waals surface area contributed by atoms with Crippen LogP contribution in [-0.2, 0) is 4.79 Å². The van der Waals surface area contributed by atoms with Crippen molar-refractivity contribution in [2.24, 2.45) is 5.92 Å². The summed E-state index contributed by atoms with van der Waals surface area (Å²) in [4.78, 5) is 12.0. The van der Waals surface area contributed by atoms with Gasteiger partial charge in [-0.2, -0.15) is 0 Å². The maximum atomic E-state index is 12.0. The Balaban J connectivity index is 0.00000242. The Bertz CT molecular complexity index is 495. The van der Waals surface area contributed by atoms with Gasteiger partial charge in [-0.05, 0) is 30.8 Å². The van der Waals surface area contributed by atoms with E-state index in [0.717, 1.165) is 12.0 Å². The first-order valence-corrected chi connectivity index (χ1v) is 7.67. The van der Waals surface area contributed by atoms with E-state index >= 15 is 0 Å². The van der Waals surface area contributed by atoms with Crippen molar-refractivity contribution in [3.63, 3.8) is 0 Å². The Morgan fingerprint density at radius 1 is 1.32 bits per heavy atom. The largest absolute Gasteiger partial charge is 0.339 e. The maximum Gasteiger partial charge on any atom is 0.225 e. The molecule has 4 N–H and O–H groups in total. The lowest BCUT2D eigenvalue weighted by Gasteiger charge is -2.16. The lowest BCUT2D eigenvalue weighted by Crippen LogP contribution is -2.47. The summed E-state index contributed by atoms with van der Waals surface area (Å²) >= 11 is 12.0. The van der Waals surface area contributed by atoms with Gasteiger partial charge in [-0.15, -0.1) is 12.4 Å². The third-order valence-electron chi connectivity index (χ3n) is 3.46. The van der Waals surface area contributed by atoms with Crippen LogP contribution in [0.4, 0.5) is 0 Å². The molecule has 0 spiro atoms. The minimum absolute atomic E-state index is 0. The number of nitrogens with one attached hydrogen (secondary N) is 4. The predicted molar refractivity (Wildman–Crippen MR) is 92.4 cm³/mol. The topological polar surface area (TPSA) is 65.2 Å². The summed E-state index contributed by atoms with van der Waals surface area (Å²) in [5.74, 6) is -0.0510. The Hall–Kier alpha value is -0.560. The van der Waals surface area contributed by atoms with Crippen LogP contribution in [0.15, 0.2) is 18.2 Å². The van der Waals surface area contributed by atoms with Crippen LogP contribution in [0.2, 0.25) is 10.0 Å². The SMILES string of the molecule is CNCC(C)C(=O)NC1CC(c2cc(Cl)cc(Cl)c2)NN1.Cl. The third kappa shape index (κ3) is 5.26. The molecule has 0 bridgehead atoms. The van der Waals surface area contributed by atoms with Gasteiger partial charge in [-0.25, -0.2) is 10.9 Å². The van der Waals surface area contributed by atoms with Crippen molar-refractivity contribution >= 4 is 41.5 Å². The Morgan fingerprint density at radius 3 is 2.55 bits per heavy atom. The quantitative estimate of drug-likeness (QED) is 0.644. The van der Waals surface area contributed by atoms with Crippen molar-refractivity contribution in [2.75, 3.05) is 13.6 Å². The van der Waals surface area contributed by atoms with E-state index < -0.39 is 0 Å². The summed E-state index contributed by atoms with van der Waals surface area (Å²) in [7, 11) is 1.83. The van der Waals surface area contributed by atoms with Crippen LogP contribution in [0.5, 0.6) is 0 Å². The molecule has 1 fully saturated rings. The number of amides is 1. The average Bonchev–Trinajstić information content (AvgIpc) is 2.86. The first-order chi connectivity index (χ1) is 9.99. The van der Waals surface area contributed by atoms with Gasteiger partial charge in [0.15, 0.2) is 0 Å². The number of carbonyl (C=O) groups is 1. The minimum Gasteiger partial charge on any atom is -0.339 e. The zero-order chi connectivity index (χ0) is 15.4. The summed E-state index contributed by atoms with van der Waals surface area (Å²) in [5, 5.41) is 7.18. The van der Waals surface area contributed by atoms with Crippen molar-refractivity contribution < 1.29 is 4.79 Å². The van der Waals surface area contributed by atoms with Crippen LogP contribution in [0.25, 0.3) is 0 Å². The van der Waals surface area contributed by atoms with E-state index in [9.17, 15) is 4.79 Å². The van der Waals surface area contributed by atoms with E-state index in [1.807, 2.05) is 26.1 Å². The number of rotatable bonds is 5. The molecule has 1 saturated heterocycles. The van der Waals surface area contributed by atoms with E-state index in [1.54, 1.807) is 6.07 Å². The molecule has 2 rings (SSSR count). The number of halogens is 3. The molecule has 5 nitrogen and oxygen atoms in total. The molecule has 0 aromatic heterocycles. The molecule has 1 amide bonds. The second-order valence-corrected chi connectivity index (χ2v) is 6.17. The smallest absolute Gasteiger partial charge is 0.225 e. The number of carbonyl (C=O) groups excluding carboxylic acids is 1. The van der Waals surface area contributed by atoms with Crippen molar-refractivity contribution in [2.45, 2.75) is 25.6 Å². The summed E-state index contributed by atoms with van der Waals surface area (Å²) < 4.78 is 0. The van der Waals surface area contributed by atoms with Crippen LogP contribution in [-0.4, -0.2) is 25.7 Å². The highest BCUT2D eigenvalue weighted by molar-refractivity contribution is 6.34. The molecule has 1 aliphatic heterocycles. The standard InChI is InChI=1S/C14H20Cl2N4O.ClH/c1-8(7-17-2)14(21)18-13-6-12(19-20-13)9-3-10(15)5-11(16)4-9;/h3-5,8,12-13,17,19-20H,6-7H2,1-2H3,(H,18,21);1H. The van der Waals surface area contributed by atoms with Gasteiger partial charge in [0.25, 0.3) is 0 Å². The van der Waals surface area contributed by atoms with E-state index in [2.05, 4.69) is 21.5 Å². The number of hydrazine groups is 1. The Morgan fingerprint density at radius 2 is 1.95 bits per heavy atom. The zero-order valence-electron chi connectivity index (χ0n) is 12.5. The fourth-order valence-corrected chi connectivity index (χ4v) is 2.90. The van der Waals surface area contributed by atoms with Gasteiger partial charge in [0.2, 0.25) is 5.91 Å². The van der Waals surface area contributed by atoms with Crippen LogP contribution < -0.4 is 21.5 Å². The average molecular weight is 368 g/mol. The van der Waals surface area contributed by atoms with Gasteiger partial charge in [-0.1, -0.05) is 30.1 Å². The first kappa shape index (κ1) is 19.5. The lowest BCUT2D eigenvalue weighted by atomic mass is 10.0. The molecule has 0 saturated carbocycles. The highest BCUT2D eigenvalue weighted by atomic mass is 35.5. The van der Waals surface area contributed by atoms with E-state index in [0.29, 0.717) is 16.6 Å². The molecule has 1 aromatic carbocycles. The molecular weight excluding hydrogens is 347 g/mol. The predicted octanol–water partition coefficient (Wildman–Crippen LogP) is 2.25. The van der Waals surface area contributed by atoms with Crippen LogP contribution in [0.1, 0.15) is 24.9 Å². The fourth-order valence-electron chi connectivity index (χ4n) is 2.36. The maximum absolute atomic E-state index is 12.0. The van der Waals surface area contributed by atoms with Crippen molar-refractivity contribution in [1.82, 2.24) is 21.5 Å². The van der Waals surface area contributed by atoms with Gasteiger partial charge in [0.1, 0.15) is 0 Å². The molecule has 1 aliphatic rings. The van der Waals surface area contributed by atoms with Crippen molar-refractivity contribution in [3.8, 4) is 0 Å². The van der Waals surface area contributed by atoms with E-state index in [1.165, 1.54) is 0 Å². The fraction of sp³-hybridized carbons (Fsp3) is 0.500. The zero-order valence-corrected chi connectivity index (χ0v) is 14.8. The van der Waals surface area contributed by atoms with Crippen molar-refractivity contribution in [3.05, 3.63) is 33.8 Å². The first-order valence-electron chi connectivity index (χ1n) is 6.91. The second-order valence-electron chi connectivity index (χ2n) is 5.30. The third-order valence-corrected chi connectivity index (χ3v) is 3.90. The van der Waals surface area contributed by atoms with Gasteiger partial charge >= 0.3 is 0 Å². The number of hydrogen-bond acceptors (Lipinski definition) is 4. The minimum atomic E-state index is -0.112. The molecule has 22 heavy (non-hydrogen) atoms. The van der Waals surface area contributed by atoms with Gasteiger partial charge in [0.05, 0.1) is 6.17 Å². The normalized spacial score (nSPS) is 22.0. The Kier molecular flexibility index (Phi) is 7.89. The van der Waals surface area contributed by atoms with Crippen LogP contribution in [0.3, 0.4) is 0 Å². The van der Waals surface area contributed by atoms with Gasteiger partial charge in [-0.3, -0.25) is 4.79 Å². The molecule has 0 aliphatic carbocycles. The number of benzene rings is 1. The van der Waals surface area contributed by atoms with E-state index in [-0.39, 0.29) is 36.4 Å². The molecule has 1 heterocycles. The van der Waals surface area contributed by atoms with Crippen LogP contribution >= 0.6 is 35.6 Å². The van der Waals surface area contributed by atoms with Gasteiger partial charge < -0.3 is 10.6 Å². The second kappa shape index (κ2) is 8.91. The van der Waals surface area contributed by atoms with Crippen LogP contribution in [0, 0.1) is 5.92 Å². The molecule has 3 unspecified atom stereocenters. The monoisotopic (exact) mass is 366 g/mol. The molecule has 3 atom stereocenters. The summed E-state index contributed by atoms with van der Waals surface area (Å²) in [6, 6.07) is 5.51. The highest BCUT2D eigenvalue weighted by Crippen LogP contribution is 2.27. The van der Waals surface area contributed by atoms with Gasteiger partial charge in [0, 0.05) is 35.0 Å². The molecular formula is C14H21Cl3N4O. The Labute approximate surface area is 146 Å². The molecule has 124 valence electrons. The number of hydrogen-bond donors (Lipinski definition) is 4. The van der Waals surface area contributed by atoms with Crippen molar-refractivity contribution in [1.29, 1.82) is 0 Å².